The molecule has 0 aromatic heterocycles. The first-order valence-electron chi connectivity index (χ1n) is 10.6. The number of carboxylic acid groups (broad SMARTS) is 4. The molecule has 170 valence electrons. The van der Waals surface area contributed by atoms with Crippen LogP contribution in [-0.2, 0) is 19.2 Å². The molecule has 8 nitrogen and oxygen atoms in total. The summed E-state index contributed by atoms with van der Waals surface area (Å²) in [4.78, 5) is 40.7. The number of carboxylic acids is 4. The molecule has 29 heavy (non-hydrogen) atoms. The zero-order chi connectivity index (χ0) is 22.3. The van der Waals surface area contributed by atoms with E-state index >= 15 is 0 Å². The third-order valence-electron chi connectivity index (χ3n) is 4.31. The van der Waals surface area contributed by atoms with Crippen molar-refractivity contribution in [1.29, 1.82) is 0 Å². The quantitative estimate of drug-likeness (QED) is 0.215. The van der Waals surface area contributed by atoms with E-state index in [1.165, 1.54) is 0 Å². The largest absolute Gasteiger partial charge is 0.481 e. The minimum absolute atomic E-state index is 0.245. The maximum Gasteiger partial charge on any atom is 0.303 e. The van der Waals surface area contributed by atoms with Gasteiger partial charge in [-0.2, -0.15) is 0 Å². The summed E-state index contributed by atoms with van der Waals surface area (Å²) in [6.07, 6.45) is 13.0. The summed E-state index contributed by atoms with van der Waals surface area (Å²) in [5.74, 6) is -2.93. The molecule has 0 aliphatic carbocycles. The van der Waals surface area contributed by atoms with Crippen LogP contribution in [0.5, 0.6) is 0 Å². The Hall–Kier alpha value is -2.12. The fourth-order valence-corrected chi connectivity index (χ4v) is 2.70. The van der Waals surface area contributed by atoms with Crippen molar-refractivity contribution in [3.63, 3.8) is 0 Å². The second-order valence-electron chi connectivity index (χ2n) is 7.17. The summed E-state index contributed by atoms with van der Waals surface area (Å²) in [6, 6.07) is 0. The van der Waals surface area contributed by atoms with E-state index in [-0.39, 0.29) is 25.7 Å². The maximum atomic E-state index is 10.2. The summed E-state index contributed by atoms with van der Waals surface area (Å²) in [5.41, 5.74) is 0. The average Bonchev–Trinajstić information content (AvgIpc) is 2.62. The van der Waals surface area contributed by atoms with Crippen LogP contribution >= 0.6 is 0 Å². The van der Waals surface area contributed by atoms with Crippen molar-refractivity contribution < 1.29 is 39.6 Å². The molecule has 0 aliphatic heterocycles. The van der Waals surface area contributed by atoms with Crippen LogP contribution < -0.4 is 0 Å². The Balaban J connectivity index is 0. The first-order valence-corrected chi connectivity index (χ1v) is 10.6. The van der Waals surface area contributed by atoms with Crippen LogP contribution in [0.25, 0.3) is 0 Å². The first kappa shape index (κ1) is 29.1. The molecule has 0 unspecified atom stereocenters. The van der Waals surface area contributed by atoms with Gasteiger partial charge >= 0.3 is 23.9 Å². The molecule has 0 rings (SSSR count). The average molecular weight is 419 g/mol. The standard InChI is InChI=1S/C11H20O4.C10H18O4/c12-10(13)8-6-4-2-1-3-5-7-9-11(14)15;11-9(12)7-5-3-1-2-4-6-8-10(13)14/h1-9H2,(H,12,13)(H,14,15);1-8H2,(H,11,12)(H,13,14). The molecule has 0 aliphatic rings. The van der Waals surface area contributed by atoms with Crippen molar-refractivity contribution in [2.45, 2.75) is 109 Å². The lowest BCUT2D eigenvalue weighted by Crippen LogP contribution is -1.94. The van der Waals surface area contributed by atoms with Gasteiger partial charge in [-0.3, -0.25) is 19.2 Å². The van der Waals surface area contributed by atoms with Crippen LogP contribution in [0.15, 0.2) is 0 Å². The van der Waals surface area contributed by atoms with Crippen molar-refractivity contribution in [2.24, 2.45) is 0 Å². The fourth-order valence-electron chi connectivity index (χ4n) is 2.70. The molecule has 0 amide bonds. The third-order valence-corrected chi connectivity index (χ3v) is 4.31. The SMILES string of the molecule is O=C(O)CCCCCCCCC(=O)O.O=C(O)CCCCCCCCCC(=O)O. The van der Waals surface area contributed by atoms with E-state index in [9.17, 15) is 19.2 Å². The van der Waals surface area contributed by atoms with Gasteiger partial charge in [0, 0.05) is 25.7 Å². The lowest BCUT2D eigenvalue weighted by atomic mass is 10.1. The highest BCUT2D eigenvalue weighted by atomic mass is 16.4. The zero-order valence-electron chi connectivity index (χ0n) is 17.4. The summed E-state index contributed by atoms with van der Waals surface area (Å²) in [6.45, 7) is 0. The number of rotatable bonds is 19. The molecular weight excluding hydrogens is 380 g/mol. The van der Waals surface area contributed by atoms with Crippen LogP contribution in [0.4, 0.5) is 0 Å². The Morgan fingerprint density at radius 2 is 0.448 bits per heavy atom. The van der Waals surface area contributed by atoms with Gasteiger partial charge in [-0.25, -0.2) is 0 Å². The van der Waals surface area contributed by atoms with Gasteiger partial charge < -0.3 is 20.4 Å². The highest BCUT2D eigenvalue weighted by Gasteiger charge is 1.99. The third kappa shape index (κ3) is 33.9. The van der Waals surface area contributed by atoms with E-state index < -0.39 is 23.9 Å². The predicted octanol–water partition coefficient (Wildman–Crippen LogP) is 4.94. The number of hydrogen-bond donors (Lipinski definition) is 4. The molecule has 4 N–H and O–H groups in total. The molecule has 0 aromatic rings. The van der Waals surface area contributed by atoms with Crippen molar-refractivity contribution in [3.05, 3.63) is 0 Å². The van der Waals surface area contributed by atoms with Gasteiger partial charge in [0.25, 0.3) is 0 Å². The molecule has 8 heteroatoms. The van der Waals surface area contributed by atoms with Crippen molar-refractivity contribution >= 4 is 23.9 Å². The van der Waals surface area contributed by atoms with Crippen LogP contribution in [0.2, 0.25) is 0 Å². The van der Waals surface area contributed by atoms with Crippen LogP contribution in [0.3, 0.4) is 0 Å². The van der Waals surface area contributed by atoms with Crippen molar-refractivity contribution in [3.8, 4) is 0 Å². The summed E-state index contributed by atoms with van der Waals surface area (Å²) in [5, 5.41) is 33.5. The second kappa shape index (κ2) is 22.2. The second-order valence-corrected chi connectivity index (χ2v) is 7.17. The normalized spacial score (nSPS) is 10.1. The van der Waals surface area contributed by atoms with Gasteiger partial charge in [0.1, 0.15) is 0 Å². The number of carbonyl (C=O) groups is 4. The van der Waals surface area contributed by atoms with E-state index in [4.69, 9.17) is 20.4 Å². The molecule has 0 aromatic carbocycles. The molecule has 0 saturated carbocycles. The molecule has 0 spiro atoms. The van der Waals surface area contributed by atoms with E-state index in [1.54, 1.807) is 0 Å². The molecule has 0 fully saturated rings. The Morgan fingerprint density at radius 3 is 0.586 bits per heavy atom. The number of aliphatic carboxylic acids is 4. The Kier molecular flexibility index (Phi) is 22.2. The van der Waals surface area contributed by atoms with Crippen LogP contribution in [-0.4, -0.2) is 44.3 Å². The van der Waals surface area contributed by atoms with E-state index in [0.29, 0.717) is 0 Å². The van der Waals surface area contributed by atoms with Crippen LogP contribution in [0.1, 0.15) is 109 Å². The number of hydrogen-bond acceptors (Lipinski definition) is 4. The topological polar surface area (TPSA) is 149 Å². The Morgan fingerprint density at radius 1 is 0.310 bits per heavy atom. The number of unbranched alkanes of at least 4 members (excludes halogenated alkanes) is 11. The lowest BCUT2D eigenvalue weighted by molar-refractivity contribution is -0.138. The van der Waals surface area contributed by atoms with Gasteiger partial charge in [0.2, 0.25) is 0 Å². The smallest absolute Gasteiger partial charge is 0.303 e. The summed E-state index contributed by atoms with van der Waals surface area (Å²) in [7, 11) is 0. The minimum Gasteiger partial charge on any atom is -0.481 e. The zero-order valence-corrected chi connectivity index (χ0v) is 17.4. The van der Waals surface area contributed by atoms with Gasteiger partial charge in [-0.15, -0.1) is 0 Å². The van der Waals surface area contributed by atoms with Gasteiger partial charge in [-0.05, 0) is 25.7 Å². The van der Waals surface area contributed by atoms with Gasteiger partial charge in [0.15, 0.2) is 0 Å². The Labute approximate surface area is 173 Å². The molecule has 0 bridgehead atoms. The molecule has 0 heterocycles. The summed E-state index contributed by atoms with van der Waals surface area (Å²) < 4.78 is 0. The lowest BCUT2D eigenvalue weighted by Gasteiger charge is -1.99. The first-order chi connectivity index (χ1) is 13.8. The summed E-state index contributed by atoms with van der Waals surface area (Å²) >= 11 is 0. The highest BCUT2D eigenvalue weighted by Crippen LogP contribution is 2.10. The monoisotopic (exact) mass is 418 g/mol. The molecular formula is C21H38O8. The highest BCUT2D eigenvalue weighted by molar-refractivity contribution is 5.67. The molecule has 0 radical (unpaired) electrons. The van der Waals surface area contributed by atoms with Gasteiger partial charge in [0.05, 0.1) is 0 Å². The minimum atomic E-state index is -0.740. The van der Waals surface area contributed by atoms with E-state index in [2.05, 4.69) is 0 Å². The fraction of sp³-hybridized carbons (Fsp3) is 0.810. The van der Waals surface area contributed by atoms with Crippen molar-refractivity contribution in [2.75, 3.05) is 0 Å². The van der Waals surface area contributed by atoms with E-state index in [1.807, 2.05) is 0 Å². The van der Waals surface area contributed by atoms with Crippen molar-refractivity contribution in [1.82, 2.24) is 0 Å². The van der Waals surface area contributed by atoms with Crippen LogP contribution in [0, 0.1) is 0 Å². The maximum absolute atomic E-state index is 10.2. The van der Waals surface area contributed by atoms with Gasteiger partial charge in [-0.1, -0.05) is 57.8 Å². The molecule has 0 atom stereocenters. The molecule has 0 saturated heterocycles. The van der Waals surface area contributed by atoms with E-state index in [0.717, 1.165) is 83.5 Å². The Bertz CT molecular complexity index is 408. The predicted molar refractivity (Wildman–Crippen MR) is 109 cm³/mol.